The molecule has 0 atom stereocenters. The fourth-order valence-electron chi connectivity index (χ4n) is 0.720. The van der Waals surface area contributed by atoms with Crippen molar-refractivity contribution in [2.75, 3.05) is 26.6 Å². The molecule has 0 unspecified atom stereocenters. The lowest BCUT2D eigenvalue weighted by atomic mass is 10.3. The van der Waals surface area contributed by atoms with E-state index in [1.54, 1.807) is 7.11 Å². The van der Waals surface area contributed by atoms with Crippen LogP contribution in [0.25, 0.3) is 0 Å². The van der Waals surface area contributed by atoms with Crippen molar-refractivity contribution in [2.45, 2.75) is 0 Å². The predicted molar refractivity (Wildman–Crippen MR) is 37.1 cm³/mol. The van der Waals surface area contributed by atoms with Crippen LogP contribution < -0.4 is 0 Å². The summed E-state index contributed by atoms with van der Waals surface area (Å²) in [6.45, 7) is 1.07. The minimum atomic E-state index is 0.231. The topological polar surface area (TPSA) is 11.9 Å². The van der Waals surface area contributed by atoms with Crippen molar-refractivity contribution in [3.05, 3.63) is 0 Å². The third-order valence-corrected chi connectivity index (χ3v) is 2.38. The Morgan fingerprint density at radius 1 is 1.75 bits per heavy atom. The largest absolute Gasteiger partial charge is 0.770 e. The minimum absolute atomic E-state index is 0.231. The number of hydrogen-bond donors (Lipinski definition) is 0. The first-order chi connectivity index (χ1) is 3.84. The van der Waals surface area contributed by atoms with Crippen LogP contribution in [0, 0.1) is 0 Å². The minimum Gasteiger partial charge on any atom is -0.496 e. The van der Waals surface area contributed by atoms with E-state index >= 15 is 0 Å². The van der Waals surface area contributed by atoms with Gasteiger partial charge in [0.05, 0.1) is 5.75 Å². The van der Waals surface area contributed by atoms with Gasteiger partial charge in [0.2, 0.25) is 0 Å². The van der Waals surface area contributed by atoms with Crippen molar-refractivity contribution in [3.8, 4) is 0 Å². The Hall–Kier alpha value is 0.335. The van der Waals surface area contributed by atoms with Crippen molar-refractivity contribution < 1.29 is 8.94 Å². The van der Waals surface area contributed by atoms with Gasteiger partial charge in [-0.3, -0.25) is 0 Å². The average Bonchev–Trinajstić information content (AvgIpc) is 2.14. The maximum atomic E-state index is 5.08. The van der Waals surface area contributed by atoms with Gasteiger partial charge in [-0.25, -0.2) is 0 Å². The van der Waals surface area contributed by atoms with Crippen LogP contribution in [0.3, 0.4) is 0 Å². The molecule has 1 aliphatic rings. The van der Waals surface area contributed by atoms with Gasteiger partial charge in [-0.15, -0.1) is 0 Å². The molecule has 1 heterocycles. The average molecular weight is 133 g/mol. The standard InChI is InChI=1S/C4H10BO2S/c1-6-5-7(2)3-4-8-5/h3-4H2,1-2H3/q+1. The lowest BCUT2D eigenvalue weighted by molar-refractivity contribution is 0.0490. The van der Waals surface area contributed by atoms with Crippen LogP contribution in [0.15, 0.2) is 0 Å². The molecular weight excluding hydrogens is 123 g/mol. The lowest BCUT2D eigenvalue weighted by Gasteiger charge is -2.07. The number of hydrogen-bond acceptors (Lipinski definition) is 2. The van der Waals surface area contributed by atoms with Gasteiger partial charge in [-0.05, 0) is 0 Å². The van der Waals surface area contributed by atoms with Crippen molar-refractivity contribution >= 4 is 18.0 Å². The fourth-order valence-corrected chi connectivity index (χ4v) is 1.74. The van der Waals surface area contributed by atoms with E-state index in [9.17, 15) is 0 Å². The van der Waals surface area contributed by atoms with Crippen LogP contribution >= 0.6 is 11.6 Å². The van der Waals surface area contributed by atoms with E-state index in [1.807, 2.05) is 18.7 Å². The van der Waals surface area contributed by atoms with Crippen LogP contribution in [0.2, 0.25) is 0 Å². The summed E-state index contributed by atoms with van der Waals surface area (Å²) in [5, 5.41) is 0. The van der Waals surface area contributed by atoms with Gasteiger partial charge in [0.1, 0.15) is 13.7 Å². The molecule has 2 nitrogen and oxygen atoms in total. The first-order valence-electron chi connectivity index (χ1n) is 2.60. The molecule has 0 aromatic rings. The van der Waals surface area contributed by atoms with Crippen LogP contribution in [0.1, 0.15) is 0 Å². The van der Waals surface area contributed by atoms with Crippen molar-refractivity contribution in [3.63, 3.8) is 0 Å². The van der Waals surface area contributed by atoms with Crippen LogP contribution in [0.5, 0.6) is 0 Å². The molecule has 1 rings (SSSR count). The second kappa shape index (κ2) is 2.76. The van der Waals surface area contributed by atoms with E-state index in [0.29, 0.717) is 0 Å². The summed E-state index contributed by atoms with van der Waals surface area (Å²) in [6, 6.07) is 0. The third kappa shape index (κ3) is 1.19. The quantitative estimate of drug-likeness (QED) is 0.382. The highest BCUT2D eigenvalue weighted by Gasteiger charge is 2.40. The maximum Gasteiger partial charge on any atom is 0.770 e. The Balaban J connectivity index is 2.30. The Labute approximate surface area is 54.3 Å². The van der Waals surface area contributed by atoms with Crippen molar-refractivity contribution in [2.24, 2.45) is 0 Å². The van der Waals surface area contributed by atoms with E-state index in [0.717, 1.165) is 6.61 Å². The molecule has 0 bridgehead atoms. The zero-order valence-electron chi connectivity index (χ0n) is 5.22. The number of rotatable bonds is 1. The first-order valence-corrected chi connectivity index (χ1v) is 3.65. The first kappa shape index (κ1) is 6.45. The molecule has 0 radical (unpaired) electrons. The second-order valence-corrected chi connectivity index (χ2v) is 2.92. The van der Waals surface area contributed by atoms with E-state index in [4.69, 9.17) is 4.65 Å². The Kier molecular flexibility index (Phi) is 2.22. The summed E-state index contributed by atoms with van der Waals surface area (Å²) in [5.74, 6) is 1.17. The van der Waals surface area contributed by atoms with E-state index in [1.165, 1.54) is 5.75 Å². The Bertz CT molecular complexity index is 80.4. The van der Waals surface area contributed by atoms with E-state index < -0.39 is 0 Å². The Morgan fingerprint density at radius 2 is 2.50 bits per heavy atom. The maximum absolute atomic E-state index is 5.08. The van der Waals surface area contributed by atoms with Gasteiger partial charge >= 0.3 is 6.40 Å². The van der Waals surface area contributed by atoms with E-state index in [-0.39, 0.29) is 6.40 Å². The monoisotopic (exact) mass is 133 g/mol. The molecule has 0 saturated carbocycles. The molecular formula is C4H10BO2S+. The van der Waals surface area contributed by atoms with Crippen LogP contribution in [0.4, 0.5) is 0 Å². The van der Waals surface area contributed by atoms with Gasteiger partial charge in [0.15, 0.2) is 0 Å². The zero-order chi connectivity index (χ0) is 5.98. The van der Waals surface area contributed by atoms with Gasteiger partial charge in [-0.2, -0.15) is 0 Å². The van der Waals surface area contributed by atoms with Crippen LogP contribution in [-0.4, -0.2) is 33.0 Å². The summed E-state index contributed by atoms with van der Waals surface area (Å²) in [7, 11) is 3.72. The molecule has 0 aliphatic carbocycles. The summed E-state index contributed by atoms with van der Waals surface area (Å²) in [6.07, 6.45) is 0.231. The summed E-state index contributed by atoms with van der Waals surface area (Å²) >= 11 is 1.82. The molecule has 0 aromatic heterocycles. The molecule has 8 heavy (non-hydrogen) atoms. The van der Waals surface area contributed by atoms with Crippen LogP contribution in [-0.2, 0) is 8.94 Å². The summed E-state index contributed by atoms with van der Waals surface area (Å²) in [4.78, 5) is 0. The lowest BCUT2D eigenvalue weighted by Crippen LogP contribution is -2.21. The van der Waals surface area contributed by atoms with Crippen molar-refractivity contribution in [1.82, 2.24) is 0 Å². The highest BCUT2D eigenvalue weighted by molar-refractivity contribution is 8.24. The van der Waals surface area contributed by atoms with Gasteiger partial charge in [0, 0.05) is 7.11 Å². The molecule has 4 heteroatoms. The van der Waals surface area contributed by atoms with Crippen molar-refractivity contribution in [1.29, 1.82) is 0 Å². The molecule has 0 spiro atoms. The molecule has 1 aliphatic heterocycles. The summed E-state index contributed by atoms with van der Waals surface area (Å²) < 4.78 is 7.99. The summed E-state index contributed by atoms with van der Waals surface area (Å²) in [5.41, 5.74) is 0. The van der Waals surface area contributed by atoms with Gasteiger partial charge in [-0.1, -0.05) is 11.6 Å². The smallest absolute Gasteiger partial charge is 0.496 e. The predicted octanol–water partition coefficient (Wildman–Crippen LogP) is 0.547. The molecule has 1 saturated heterocycles. The molecule has 0 N–H and O–H groups in total. The second-order valence-electron chi connectivity index (χ2n) is 1.79. The normalized spacial score (nSPS) is 22.5. The van der Waals surface area contributed by atoms with Gasteiger partial charge < -0.3 is 8.94 Å². The van der Waals surface area contributed by atoms with Gasteiger partial charge in [0.25, 0.3) is 0 Å². The Morgan fingerprint density at radius 3 is 2.75 bits per heavy atom. The third-order valence-electron chi connectivity index (χ3n) is 1.18. The zero-order valence-corrected chi connectivity index (χ0v) is 6.03. The molecule has 46 valence electrons. The fraction of sp³-hybridized carbons (Fsp3) is 1.00. The SMILES string of the molecule is COB1SCC[O+]1C. The highest BCUT2D eigenvalue weighted by atomic mass is 32.2. The molecule has 0 aromatic carbocycles. The highest BCUT2D eigenvalue weighted by Crippen LogP contribution is 2.21. The molecule has 0 amide bonds. The molecule has 1 fully saturated rings. The van der Waals surface area contributed by atoms with E-state index in [2.05, 4.69) is 4.28 Å².